The fraction of sp³-hybridized carbons (Fsp3) is 0.682. The van der Waals surface area contributed by atoms with Gasteiger partial charge in [-0.25, -0.2) is 0 Å². The van der Waals surface area contributed by atoms with E-state index in [9.17, 15) is 9.90 Å². The lowest BCUT2D eigenvalue weighted by molar-refractivity contribution is -0.141. The second kappa shape index (κ2) is 10.8. The Balaban J connectivity index is 1.70. The van der Waals surface area contributed by atoms with Crippen molar-refractivity contribution < 1.29 is 28.8 Å². The van der Waals surface area contributed by atoms with Crippen LogP contribution in [-0.2, 0) is 20.8 Å². The van der Waals surface area contributed by atoms with Crippen molar-refractivity contribution in [1.82, 2.24) is 9.80 Å². The van der Waals surface area contributed by atoms with Gasteiger partial charge in [-0.3, -0.25) is 14.6 Å². The van der Waals surface area contributed by atoms with Crippen molar-refractivity contribution in [3.05, 3.63) is 17.7 Å². The van der Waals surface area contributed by atoms with Crippen LogP contribution in [0.25, 0.3) is 0 Å². The van der Waals surface area contributed by atoms with E-state index in [0.717, 1.165) is 64.3 Å². The van der Waals surface area contributed by atoms with E-state index >= 15 is 0 Å². The lowest BCUT2D eigenvalue weighted by Gasteiger charge is -2.45. The van der Waals surface area contributed by atoms with Crippen LogP contribution in [0.15, 0.2) is 12.1 Å². The quantitative estimate of drug-likeness (QED) is 0.636. The van der Waals surface area contributed by atoms with Gasteiger partial charge in [-0.1, -0.05) is 0 Å². The molecule has 0 saturated carbocycles. The van der Waals surface area contributed by atoms with Crippen molar-refractivity contribution in [3.8, 4) is 17.2 Å². The van der Waals surface area contributed by atoms with Gasteiger partial charge in [0, 0.05) is 38.6 Å². The molecule has 0 unspecified atom stereocenters. The van der Waals surface area contributed by atoms with Crippen LogP contribution in [0, 0.1) is 5.92 Å². The van der Waals surface area contributed by atoms with Crippen molar-refractivity contribution >= 4 is 5.97 Å². The third-order valence-electron chi connectivity index (χ3n) is 6.19. The third-order valence-corrected chi connectivity index (χ3v) is 6.19. The Labute approximate surface area is 178 Å². The molecule has 2 aliphatic rings. The maximum atomic E-state index is 11.8. The monoisotopic (exact) mass is 422 g/mol. The first kappa shape index (κ1) is 22.7. The van der Waals surface area contributed by atoms with Crippen molar-refractivity contribution in [2.75, 3.05) is 60.7 Å². The van der Waals surface area contributed by atoms with E-state index in [2.05, 4.69) is 9.80 Å². The number of phenolic OH excluding ortho intramolecular Hbond substituents is 1. The molecule has 0 aromatic heterocycles. The van der Waals surface area contributed by atoms with E-state index < -0.39 is 0 Å². The summed E-state index contributed by atoms with van der Waals surface area (Å²) in [5.74, 6) is 1.08. The Morgan fingerprint density at radius 1 is 1.13 bits per heavy atom. The number of aromatic hydroxyl groups is 1. The average Bonchev–Trinajstić information content (AvgIpc) is 2.79. The zero-order chi connectivity index (χ0) is 21.5. The summed E-state index contributed by atoms with van der Waals surface area (Å²) in [6, 6.07) is 4.17. The number of phenols is 1. The van der Waals surface area contributed by atoms with E-state index in [1.165, 1.54) is 21.3 Å². The SMILES string of the molecule is COC(=O)CC[C@@H]1CN(Cc2cc(OC)c(O)c(OC)c2)CC[C@@H]1N1CCOCC1. The number of hydrogen-bond donors (Lipinski definition) is 1. The van der Waals surface area contributed by atoms with Crippen molar-refractivity contribution in [2.24, 2.45) is 5.92 Å². The first-order valence-electron chi connectivity index (χ1n) is 10.6. The van der Waals surface area contributed by atoms with Crippen LogP contribution in [0.3, 0.4) is 0 Å². The number of ether oxygens (including phenoxy) is 4. The summed E-state index contributed by atoms with van der Waals surface area (Å²) in [6.07, 6.45) is 2.31. The first-order chi connectivity index (χ1) is 14.5. The molecule has 1 aromatic rings. The average molecular weight is 423 g/mol. The fourth-order valence-electron chi connectivity index (χ4n) is 4.61. The normalized spacial score (nSPS) is 23.2. The summed E-state index contributed by atoms with van der Waals surface area (Å²) in [4.78, 5) is 16.7. The molecule has 0 bridgehead atoms. The molecule has 2 fully saturated rings. The van der Waals surface area contributed by atoms with Crippen LogP contribution in [0.2, 0.25) is 0 Å². The van der Waals surface area contributed by atoms with E-state index in [0.29, 0.717) is 29.9 Å². The molecule has 2 atom stereocenters. The van der Waals surface area contributed by atoms with Gasteiger partial charge in [0.1, 0.15) is 0 Å². The molecule has 2 saturated heterocycles. The number of morpholine rings is 1. The molecule has 8 heteroatoms. The molecule has 0 amide bonds. The number of nitrogens with zero attached hydrogens (tertiary/aromatic N) is 2. The van der Waals surface area contributed by atoms with Crippen molar-refractivity contribution in [3.63, 3.8) is 0 Å². The number of methoxy groups -OCH3 is 3. The van der Waals surface area contributed by atoms with Gasteiger partial charge in [0.15, 0.2) is 11.5 Å². The number of esters is 1. The minimum atomic E-state index is -0.152. The molecule has 0 radical (unpaired) electrons. The van der Waals surface area contributed by atoms with Gasteiger partial charge in [0.25, 0.3) is 0 Å². The van der Waals surface area contributed by atoms with Crippen LogP contribution in [0.5, 0.6) is 17.2 Å². The number of hydrogen-bond acceptors (Lipinski definition) is 8. The van der Waals surface area contributed by atoms with E-state index in [1.54, 1.807) is 0 Å². The largest absolute Gasteiger partial charge is 0.502 e. The topological polar surface area (TPSA) is 80.7 Å². The number of benzene rings is 1. The summed E-state index contributed by atoms with van der Waals surface area (Å²) in [7, 11) is 4.52. The molecular formula is C22H34N2O6. The maximum Gasteiger partial charge on any atom is 0.305 e. The molecule has 1 aromatic carbocycles. The predicted molar refractivity (Wildman–Crippen MR) is 112 cm³/mol. The van der Waals surface area contributed by atoms with Crippen LogP contribution in [0.4, 0.5) is 0 Å². The second-order valence-corrected chi connectivity index (χ2v) is 7.96. The minimum Gasteiger partial charge on any atom is -0.502 e. The standard InChI is InChI=1S/C22H34N2O6/c1-27-19-12-16(13-20(28-2)22(19)26)14-23-7-6-18(24-8-10-30-11-9-24)17(15-23)4-5-21(25)29-3/h12-13,17-18,26H,4-11,14-15H2,1-3H3/t17-,18+/m1/s1. The zero-order valence-corrected chi connectivity index (χ0v) is 18.3. The van der Waals surface area contributed by atoms with Crippen LogP contribution in [-0.4, -0.2) is 87.6 Å². The van der Waals surface area contributed by atoms with Crippen molar-refractivity contribution in [1.29, 1.82) is 0 Å². The fourth-order valence-corrected chi connectivity index (χ4v) is 4.61. The van der Waals surface area contributed by atoms with Gasteiger partial charge in [-0.2, -0.15) is 0 Å². The predicted octanol–water partition coefficient (Wildman–Crippen LogP) is 1.89. The maximum absolute atomic E-state index is 11.8. The lowest BCUT2D eigenvalue weighted by atomic mass is 9.86. The minimum absolute atomic E-state index is 0.0192. The smallest absolute Gasteiger partial charge is 0.305 e. The van der Waals surface area contributed by atoms with Crippen LogP contribution >= 0.6 is 0 Å². The summed E-state index contributed by atoms with van der Waals surface area (Å²) in [6.45, 7) is 6.07. The number of carbonyl (C=O) groups excluding carboxylic acids is 1. The zero-order valence-electron chi connectivity index (χ0n) is 18.3. The van der Waals surface area contributed by atoms with Crippen LogP contribution in [0.1, 0.15) is 24.8 Å². The molecule has 2 heterocycles. The Morgan fingerprint density at radius 2 is 1.80 bits per heavy atom. The van der Waals surface area contributed by atoms with Gasteiger partial charge in [-0.05, 0) is 43.0 Å². The summed E-state index contributed by atoms with van der Waals surface area (Å²) in [5, 5.41) is 10.2. The van der Waals surface area contributed by atoms with E-state index in [4.69, 9.17) is 18.9 Å². The Hall–Kier alpha value is -2.03. The second-order valence-electron chi connectivity index (χ2n) is 7.96. The number of likely N-dealkylation sites (tertiary alicyclic amines) is 1. The molecule has 30 heavy (non-hydrogen) atoms. The van der Waals surface area contributed by atoms with E-state index in [-0.39, 0.29) is 11.7 Å². The highest BCUT2D eigenvalue weighted by Gasteiger charge is 2.34. The van der Waals surface area contributed by atoms with E-state index in [1.807, 2.05) is 12.1 Å². The number of rotatable bonds is 8. The molecule has 3 rings (SSSR count). The summed E-state index contributed by atoms with van der Waals surface area (Å²) < 4.78 is 21.0. The van der Waals surface area contributed by atoms with Gasteiger partial charge < -0.3 is 24.1 Å². The van der Waals surface area contributed by atoms with Gasteiger partial charge in [0.05, 0.1) is 34.5 Å². The van der Waals surface area contributed by atoms with Gasteiger partial charge >= 0.3 is 5.97 Å². The Morgan fingerprint density at radius 3 is 2.40 bits per heavy atom. The molecule has 168 valence electrons. The van der Waals surface area contributed by atoms with Gasteiger partial charge in [0.2, 0.25) is 5.75 Å². The summed E-state index contributed by atoms with van der Waals surface area (Å²) >= 11 is 0. The molecule has 8 nitrogen and oxygen atoms in total. The highest BCUT2D eigenvalue weighted by molar-refractivity contribution is 5.69. The highest BCUT2D eigenvalue weighted by Crippen LogP contribution is 2.38. The number of piperidine rings is 1. The summed E-state index contributed by atoms with van der Waals surface area (Å²) in [5.41, 5.74) is 1.03. The number of carbonyl (C=O) groups is 1. The Bertz CT molecular complexity index is 682. The van der Waals surface area contributed by atoms with Crippen molar-refractivity contribution in [2.45, 2.75) is 31.8 Å². The van der Waals surface area contributed by atoms with Gasteiger partial charge in [-0.15, -0.1) is 0 Å². The molecule has 1 N–H and O–H groups in total. The highest BCUT2D eigenvalue weighted by atomic mass is 16.5. The Kier molecular flexibility index (Phi) is 8.18. The van der Waals surface area contributed by atoms with Crippen LogP contribution < -0.4 is 9.47 Å². The third kappa shape index (κ3) is 5.56. The molecule has 0 aliphatic carbocycles. The molecular weight excluding hydrogens is 388 g/mol. The lowest BCUT2D eigenvalue weighted by Crippen LogP contribution is -2.53. The molecule has 0 spiro atoms. The molecule has 2 aliphatic heterocycles. The first-order valence-corrected chi connectivity index (χ1v) is 10.6.